The van der Waals surface area contributed by atoms with Crippen molar-refractivity contribution < 1.29 is 22.7 Å². The molecule has 1 aromatic carbocycles. The number of sulfonamides is 1. The van der Waals surface area contributed by atoms with Crippen molar-refractivity contribution in [3.8, 4) is 5.75 Å². The number of carbonyl (C=O) groups excluding carboxylic acids is 1. The SMILES string of the molecule is CCOC(=O)c1ccc(OCC(CC)CS(N)(=O)=O)cc1. The smallest absolute Gasteiger partial charge is 0.338 e. The fourth-order valence-corrected chi connectivity index (χ4v) is 2.72. The zero-order valence-corrected chi connectivity index (χ0v) is 13.1. The third kappa shape index (κ3) is 6.59. The number of benzene rings is 1. The zero-order valence-electron chi connectivity index (χ0n) is 12.2. The van der Waals surface area contributed by atoms with E-state index >= 15 is 0 Å². The molecule has 0 fully saturated rings. The Morgan fingerprint density at radius 1 is 1.24 bits per heavy atom. The molecule has 1 atom stereocenters. The predicted molar refractivity (Wildman–Crippen MR) is 79.6 cm³/mol. The van der Waals surface area contributed by atoms with E-state index in [1.165, 1.54) is 0 Å². The van der Waals surface area contributed by atoms with Crippen molar-refractivity contribution in [3.05, 3.63) is 29.8 Å². The zero-order chi connectivity index (χ0) is 15.9. The Balaban J connectivity index is 2.57. The summed E-state index contributed by atoms with van der Waals surface area (Å²) in [5, 5.41) is 5.03. The van der Waals surface area contributed by atoms with Crippen LogP contribution in [-0.2, 0) is 14.8 Å². The molecule has 1 rings (SSSR count). The van der Waals surface area contributed by atoms with E-state index in [9.17, 15) is 13.2 Å². The summed E-state index contributed by atoms with van der Waals surface area (Å²) < 4.78 is 32.5. The highest BCUT2D eigenvalue weighted by molar-refractivity contribution is 7.89. The van der Waals surface area contributed by atoms with Gasteiger partial charge in [-0.15, -0.1) is 0 Å². The van der Waals surface area contributed by atoms with Gasteiger partial charge in [-0.1, -0.05) is 6.92 Å². The first-order chi connectivity index (χ1) is 9.85. The Hall–Kier alpha value is -1.60. The van der Waals surface area contributed by atoms with E-state index in [1.807, 2.05) is 6.92 Å². The molecule has 0 amide bonds. The number of ether oxygens (including phenoxy) is 2. The second kappa shape index (κ2) is 7.99. The molecule has 0 radical (unpaired) electrons. The summed E-state index contributed by atoms with van der Waals surface area (Å²) in [6.45, 7) is 4.20. The predicted octanol–water partition coefficient (Wildman–Crippen LogP) is 1.56. The summed E-state index contributed by atoms with van der Waals surface area (Å²) >= 11 is 0. The second-order valence-electron chi connectivity index (χ2n) is 4.66. The number of carbonyl (C=O) groups is 1. The maximum Gasteiger partial charge on any atom is 0.338 e. The van der Waals surface area contributed by atoms with E-state index in [0.29, 0.717) is 24.3 Å². The molecule has 21 heavy (non-hydrogen) atoms. The van der Waals surface area contributed by atoms with Gasteiger partial charge in [0.1, 0.15) is 5.75 Å². The van der Waals surface area contributed by atoms with Gasteiger partial charge in [-0.05, 0) is 37.6 Å². The van der Waals surface area contributed by atoms with Crippen molar-refractivity contribution in [2.45, 2.75) is 20.3 Å². The van der Waals surface area contributed by atoms with Crippen molar-refractivity contribution >= 4 is 16.0 Å². The van der Waals surface area contributed by atoms with Gasteiger partial charge >= 0.3 is 5.97 Å². The summed E-state index contributed by atoms with van der Waals surface area (Å²) in [7, 11) is -3.51. The molecule has 6 nitrogen and oxygen atoms in total. The molecular weight excluding hydrogens is 294 g/mol. The molecule has 0 aliphatic heterocycles. The quantitative estimate of drug-likeness (QED) is 0.734. The van der Waals surface area contributed by atoms with Crippen LogP contribution in [-0.4, -0.2) is 33.4 Å². The van der Waals surface area contributed by atoms with Crippen LogP contribution in [0.4, 0.5) is 0 Å². The Morgan fingerprint density at radius 2 is 1.86 bits per heavy atom. The van der Waals surface area contributed by atoms with Gasteiger partial charge in [0, 0.05) is 5.92 Å². The van der Waals surface area contributed by atoms with E-state index in [-0.39, 0.29) is 24.2 Å². The lowest BCUT2D eigenvalue weighted by molar-refractivity contribution is 0.0526. The lowest BCUT2D eigenvalue weighted by atomic mass is 10.1. The molecule has 0 aliphatic rings. The van der Waals surface area contributed by atoms with E-state index in [1.54, 1.807) is 31.2 Å². The van der Waals surface area contributed by atoms with Crippen LogP contribution in [0.1, 0.15) is 30.6 Å². The minimum Gasteiger partial charge on any atom is -0.493 e. The summed E-state index contributed by atoms with van der Waals surface area (Å²) in [6, 6.07) is 6.51. The van der Waals surface area contributed by atoms with Gasteiger partial charge in [-0.3, -0.25) is 0 Å². The van der Waals surface area contributed by atoms with Crippen LogP contribution < -0.4 is 9.88 Å². The normalized spacial score (nSPS) is 12.7. The van der Waals surface area contributed by atoms with E-state index in [0.717, 1.165) is 0 Å². The third-order valence-electron chi connectivity index (χ3n) is 2.90. The van der Waals surface area contributed by atoms with Crippen LogP contribution in [0.5, 0.6) is 5.75 Å². The summed E-state index contributed by atoms with van der Waals surface area (Å²) in [5.74, 6) is -0.0879. The highest BCUT2D eigenvalue weighted by atomic mass is 32.2. The molecule has 118 valence electrons. The van der Waals surface area contributed by atoms with Crippen LogP contribution in [0.25, 0.3) is 0 Å². The van der Waals surface area contributed by atoms with Crippen LogP contribution in [0, 0.1) is 5.92 Å². The molecule has 0 heterocycles. The van der Waals surface area contributed by atoms with Gasteiger partial charge in [0.05, 0.1) is 24.5 Å². The molecule has 0 bridgehead atoms. The number of hydrogen-bond acceptors (Lipinski definition) is 5. The average molecular weight is 315 g/mol. The van der Waals surface area contributed by atoms with Gasteiger partial charge < -0.3 is 9.47 Å². The van der Waals surface area contributed by atoms with Crippen molar-refractivity contribution in [2.75, 3.05) is 19.0 Å². The standard InChI is InChI=1S/C14H21NO5S/c1-3-11(10-21(15,17)18)9-20-13-7-5-12(6-8-13)14(16)19-4-2/h5-8,11H,3-4,9-10H2,1-2H3,(H2,15,17,18). The van der Waals surface area contributed by atoms with Crippen LogP contribution in [0.15, 0.2) is 24.3 Å². The lowest BCUT2D eigenvalue weighted by Gasteiger charge is -2.14. The van der Waals surface area contributed by atoms with Crippen LogP contribution in [0.2, 0.25) is 0 Å². The first kappa shape index (κ1) is 17.5. The minimum absolute atomic E-state index is 0.107. The molecule has 1 aromatic rings. The molecule has 0 saturated carbocycles. The Kier molecular flexibility index (Phi) is 6.64. The third-order valence-corrected chi connectivity index (χ3v) is 3.83. The Morgan fingerprint density at radius 3 is 2.33 bits per heavy atom. The van der Waals surface area contributed by atoms with Crippen LogP contribution >= 0.6 is 0 Å². The summed E-state index contributed by atoms with van der Waals surface area (Å²) in [4.78, 5) is 11.5. The van der Waals surface area contributed by atoms with Gasteiger partial charge in [0.2, 0.25) is 10.0 Å². The lowest BCUT2D eigenvalue weighted by Crippen LogP contribution is -2.26. The first-order valence-corrected chi connectivity index (χ1v) is 8.47. The van der Waals surface area contributed by atoms with E-state index < -0.39 is 10.0 Å². The summed E-state index contributed by atoms with van der Waals surface area (Å²) in [6.07, 6.45) is 0.650. The maximum atomic E-state index is 11.5. The van der Waals surface area contributed by atoms with E-state index in [4.69, 9.17) is 14.6 Å². The van der Waals surface area contributed by atoms with E-state index in [2.05, 4.69) is 0 Å². The maximum absolute atomic E-state index is 11.5. The molecule has 2 N–H and O–H groups in total. The van der Waals surface area contributed by atoms with Crippen molar-refractivity contribution in [1.29, 1.82) is 0 Å². The fraction of sp³-hybridized carbons (Fsp3) is 0.500. The molecule has 1 unspecified atom stereocenters. The fourth-order valence-electron chi connectivity index (χ4n) is 1.73. The number of hydrogen-bond donors (Lipinski definition) is 1. The topological polar surface area (TPSA) is 95.7 Å². The summed E-state index contributed by atoms with van der Waals surface area (Å²) in [5.41, 5.74) is 0.445. The highest BCUT2D eigenvalue weighted by Gasteiger charge is 2.15. The number of esters is 1. The molecule has 0 aliphatic carbocycles. The Bertz CT molecular complexity index is 553. The van der Waals surface area contributed by atoms with Crippen molar-refractivity contribution in [3.63, 3.8) is 0 Å². The Labute approximate surface area is 125 Å². The molecule has 0 aromatic heterocycles. The average Bonchev–Trinajstić information content (AvgIpc) is 2.43. The second-order valence-corrected chi connectivity index (χ2v) is 6.32. The monoisotopic (exact) mass is 315 g/mol. The van der Waals surface area contributed by atoms with Gasteiger partial charge in [0.15, 0.2) is 0 Å². The van der Waals surface area contributed by atoms with Gasteiger partial charge in [-0.2, -0.15) is 0 Å². The van der Waals surface area contributed by atoms with Crippen molar-refractivity contribution in [1.82, 2.24) is 0 Å². The molecule has 7 heteroatoms. The largest absolute Gasteiger partial charge is 0.493 e. The van der Waals surface area contributed by atoms with Gasteiger partial charge in [-0.25, -0.2) is 18.4 Å². The van der Waals surface area contributed by atoms with Crippen LogP contribution in [0.3, 0.4) is 0 Å². The minimum atomic E-state index is -3.51. The number of nitrogens with two attached hydrogens (primary N) is 1. The number of rotatable bonds is 8. The van der Waals surface area contributed by atoms with Crippen molar-refractivity contribution in [2.24, 2.45) is 11.1 Å². The number of primary sulfonamides is 1. The molecule has 0 saturated heterocycles. The molecule has 0 spiro atoms. The first-order valence-electron chi connectivity index (χ1n) is 6.76. The molecular formula is C14H21NO5S. The van der Waals surface area contributed by atoms with Gasteiger partial charge in [0.25, 0.3) is 0 Å². The highest BCUT2D eigenvalue weighted by Crippen LogP contribution is 2.15.